The van der Waals surface area contributed by atoms with Gasteiger partial charge in [-0.3, -0.25) is 4.79 Å². The summed E-state index contributed by atoms with van der Waals surface area (Å²) in [5.74, 6) is -0.157. The molecule has 5 nitrogen and oxygen atoms in total. The number of hydrogen-bond donors (Lipinski definition) is 3. The molecule has 1 aromatic rings. The van der Waals surface area contributed by atoms with E-state index in [-0.39, 0.29) is 36.2 Å². The molecule has 0 spiro atoms. The topological polar surface area (TPSA) is 72.8 Å². The van der Waals surface area contributed by atoms with Crippen molar-refractivity contribution in [1.82, 2.24) is 10.2 Å². The first-order valence-corrected chi connectivity index (χ1v) is 7.15. The van der Waals surface area contributed by atoms with Crippen molar-refractivity contribution < 1.29 is 15.0 Å². The SMILES string of the molecule is Cl.O=C(Cc1ccc(O)cc1O)NCCN1CCCCC1. The number of carbonyl (C=O) groups excluding carboxylic acids is 1. The van der Waals surface area contributed by atoms with Crippen LogP contribution in [0.5, 0.6) is 11.5 Å². The van der Waals surface area contributed by atoms with Crippen molar-refractivity contribution >= 4 is 18.3 Å². The monoisotopic (exact) mass is 314 g/mol. The standard InChI is InChI=1S/C15H22N2O3.ClH/c18-13-5-4-12(14(19)11-13)10-15(20)16-6-9-17-7-2-1-3-8-17;/h4-5,11,18-19H,1-3,6-10H2,(H,16,20);1H. The number of benzene rings is 1. The third-order valence-electron chi connectivity index (χ3n) is 3.62. The molecule has 2 rings (SSSR count). The third-order valence-corrected chi connectivity index (χ3v) is 3.62. The van der Waals surface area contributed by atoms with Gasteiger partial charge in [0.15, 0.2) is 0 Å². The molecular weight excluding hydrogens is 292 g/mol. The molecule has 1 saturated heterocycles. The Morgan fingerprint density at radius 2 is 1.90 bits per heavy atom. The molecule has 1 aliphatic rings. The summed E-state index contributed by atoms with van der Waals surface area (Å²) in [6.07, 6.45) is 3.93. The second-order valence-corrected chi connectivity index (χ2v) is 5.24. The zero-order valence-electron chi connectivity index (χ0n) is 12.0. The summed E-state index contributed by atoms with van der Waals surface area (Å²) in [6.45, 7) is 3.76. The van der Waals surface area contributed by atoms with Crippen molar-refractivity contribution in [1.29, 1.82) is 0 Å². The van der Waals surface area contributed by atoms with Crippen molar-refractivity contribution in [2.75, 3.05) is 26.2 Å². The number of phenolic OH excluding ortho intramolecular Hbond substituents is 2. The van der Waals surface area contributed by atoms with Gasteiger partial charge in [0.1, 0.15) is 11.5 Å². The first-order chi connectivity index (χ1) is 9.65. The number of amides is 1. The quantitative estimate of drug-likeness (QED) is 0.773. The smallest absolute Gasteiger partial charge is 0.224 e. The number of halogens is 1. The van der Waals surface area contributed by atoms with E-state index in [0.29, 0.717) is 12.1 Å². The zero-order chi connectivity index (χ0) is 14.4. The lowest BCUT2D eigenvalue weighted by Crippen LogP contribution is -2.38. The zero-order valence-corrected chi connectivity index (χ0v) is 12.9. The van der Waals surface area contributed by atoms with Crippen LogP contribution in [0, 0.1) is 0 Å². The predicted molar refractivity (Wildman–Crippen MR) is 84.0 cm³/mol. The van der Waals surface area contributed by atoms with E-state index in [1.807, 2.05) is 0 Å². The molecular formula is C15H23ClN2O3. The Bertz CT molecular complexity index is 462. The van der Waals surface area contributed by atoms with Gasteiger partial charge in [-0.2, -0.15) is 0 Å². The van der Waals surface area contributed by atoms with Gasteiger partial charge in [0.05, 0.1) is 6.42 Å². The van der Waals surface area contributed by atoms with E-state index in [4.69, 9.17) is 0 Å². The van der Waals surface area contributed by atoms with Gasteiger partial charge in [-0.25, -0.2) is 0 Å². The molecule has 0 aliphatic carbocycles. The van der Waals surface area contributed by atoms with Crippen LogP contribution in [0.4, 0.5) is 0 Å². The molecule has 1 heterocycles. The molecule has 0 unspecified atom stereocenters. The summed E-state index contributed by atoms with van der Waals surface area (Å²) >= 11 is 0. The number of rotatable bonds is 5. The van der Waals surface area contributed by atoms with Crippen LogP contribution in [0.3, 0.4) is 0 Å². The summed E-state index contributed by atoms with van der Waals surface area (Å²) in [5.41, 5.74) is 0.526. The molecule has 1 aliphatic heterocycles. The lowest BCUT2D eigenvalue weighted by atomic mass is 10.1. The van der Waals surface area contributed by atoms with E-state index < -0.39 is 0 Å². The molecule has 0 radical (unpaired) electrons. The number of piperidine rings is 1. The van der Waals surface area contributed by atoms with E-state index in [2.05, 4.69) is 10.2 Å². The number of nitrogens with one attached hydrogen (secondary N) is 1. The minimum atomic E-state index is -0.108. The number of nitrogens with zero attached hydrogens (tertiary/aromatic N) is 1. The number of likely N-dealkylation sites (tertiary alicyclic amines) is 1. The predicted octanol–water partition coefficient (Wildman–Crippen LogP) is 1.66. The lowest BCUT2D eigenvalue weighted by molar-refractivity contribution is -0.120. The minimum Gasteiger partial charge on any atom is -0.508 e. The van der Waals surface area contributed by atoms with Gasteiger partial charge in [-0.05, 0) is 32.0 Å². The van der Waals surface area contributed by atoms with E-state index in [0.717, 1.165) is 19.6 Å². The fourth-order valence-corrected chi connectivity index (χ4v) is 2.47. The van der Waals surface area contributed by atoms with Crippen LogP contribution in [-0.4, -0.2) is 47.2 Å². The number of carbonyl (C=O) groups is 1. The highest BCUT2D eigenvalue weighted by Crippen LogP contribution is 2.22. The van der Waals surface area contributed by atoms with Crippen LogP contribution in [-0.2, 0) is 11.2 Å². The Hall–Kier alpha value is -1.46. The van der Waals surface area contributed by atoms with Crippen LogP contribution in [0.1, 0.15) is 24.8 Å². The largest absolute Gasteiger partial charge is 0.508 e. The van der Waals surface area contributed by atoms with E-state index >= 15 is 0 Å². The fourth-order valence-electron chi connectivity index (χ4n) is 2.47. The summed E-state index contributed by atoms with van der Waals surface area (Å²) in [4.78, 5) is 14.2. The van der Waals surface area contributed by atoms with Crippen LogP contribution in [0.2, 0.25) is 0 Å². The molecule has 6 heteroatoms. The molecule has 0 saturated carbocycles. The van der Waals surface area contributed by atoms with Crippen LogP contribution in [0.15, 0.2) is 18.2 Å². The maximum atomic E-state index is 11.8. The fraction of sp³-hybridized carbons (Fsp3) is 0.533. The first-order valence-electron chi connectivity index (χ1n) is 7.15. The minimum absolute atomic E-state index is 0. The van der Waals surface area contributed by atoms with Gasteiger partial charge in [0.25, 0.3) is 0 Å². The Labute approximate surface area is 131 Å². The number of hydrogen-bond acceptors (Lipinski definition) is 4. The normalized spacial score (nSPS) is 15.2. The van der Waals surface area contributed by atoms with Crippen molar-refractivity contribution in [3.05, 3.63) is 23.8 Å². The van der Waals surface area contributed by atoms with Gasteiger partial charge in [-0.1, -0.05) is 12.5 Å². The van der Waals surface area contributed by atoms with Crippen LogP contribution < -0.4 is 5.32 Å². The Morgan fingerprint density at radius 1 is 1.19 bits per heavy atom. The van der Waals surface area contributed by atoms with Gasteiger partial charge >= 0.3 is 0 Å². The first kappa shape index (κ1) is 17.6. The maximum absolute atomic E-state index is 11.8. The molecule has 3 N–H and O–H groups in total. The van der Waals surface area contributed by atoms with Gasteiger partial charge in [0.2, 0.25) is 5.91 Å². The molecule has 21 heavy (non-hydrogen) atoms. The summed E-state index contributed by atoms with van der Waals surface area (Å²) in [5, 5.41) is 21.7. The van der Waals surface area contributed by atoms with Crippen molar-refractivity contribution in [3.63, 3.8) is 0 Å². The molecule has 1 amide bonds. The molecule has 118 valence electrons. The molecule has 1 aromatic carbocycles. The summed E-state index contributed by atoms with van der Waals surface area (Å²) in [6, 6.07) is 4.28. The van der Waals surface area contributed by atoms with Gasteiger partial charge in [0, 0.05) is 24.7 Å². The van der Waals surface area contributed by atoms with Gasteiger partial charge in [-0.15, -0.1) is 12.4 Å². The van der Waals surface area contributed by atoms with Crippen LogP contribution in [0.25, 0.3) is 0 Å². The average molecular weight is 315 g/mol. The van der Waals surface area contributed by atoms with E-state index in [1.165, 1.54) is 31.4 Å². The van der Waals surface area contributed by atoms with Crippen molar-refractivity contribution in [2.24, 2.45) is 0 Å². The molecule has 0 aromatic heterocycles. The highest BCUT2D eigenvalue weighted by atomic mass is 35.5. The summed E-state index contributed by atoms with van der Waals surface area (Å²) in [7, 11) is 0. The third kappa shape index (κ3) is 5.81. The lowest BCUT2D eigenvalue weighted by Gasteiger charge is -2.26. The number of phenols is 2. The van der Waals surface area contributed by atoms with E-state index in [9.17, 15) is 15.0 Å². The molecule has 1 fully saturated rings. The van der Waals surface area contributed by atoms with E-state index in [1.54, 1.807) is 6.07 Å². The second-order valence-electron chi connectivity index (χ2n) is 5.24. The number of aromatic hydroxyl groups is 2. The average Bonchev–Trinajstić information content (AvgIpc) is 2.43. The van der Waals surface area contributed by atoms with Crippen molar-refractivity contribution in [2.45, 2.75) is 25.7 Å². The molecule has 0 bridgehead atoms. The Morgan fingerprint density at radius 3 is 2.57 bits per heavy atom. The maximum Gasteiger partial charge on any atom is 0.224 e. The highest BCUT2D eigenvalue weighted by Gasteiger charge is 2.11. The highest BCUT2D eigenvalue weighted by molar-refractivity contribution is 5.85. The van der Waals surface area contributed by atoms with Gasteiger partial charge < -0.3 is 20.4 Å². The second kappa shape index (κ2) is 8.74. The van der Waals surface area contributed by atoms with Crippen LogP contribution >= 0.6 is 12.4 Å². The molecule has 0 atom stereocenters. The van der Waals surface area contributed by atoms with Crippen molar-refractivity contribution in [3.8, 4) is 11.5 Å². The Balaban J connectivity index is 0.00000220. The Kier molecular flexibility index (Phi) is 7.32. The summed E-state index contributed by atoms with van der Waals surface area (Å²) < 4.78 is 0.